The minimum atomic E-state index is 0.504. The Labute approximate surface area is 190 Å². The quantitative estimate of drug-likeness (QED) is 0.468. The summed E-state index contributed by atoms with van der Waals surface area (Å²) >= 11 is 0. The third-order valence-corrected chi connectivity index (χ3v) is 6.30. The van der Waals surface area contributed by atoms with Crippen molar-refractivity contribution in [1.82, 2.24) is 0 Å². The van der Waals surface area contributed by atoms with E-state index in [0.29, 0.717) is 12.5 Å². The van der Waals surface area contributed by atoms with Gasteiger partial charge in [0.05, 0.1) is 19.8 Å². The highest BCUT2D eigenvalue weighted by Crippen LogP contribution is 2.33. The summed E-state index contributed by atoms with van der Waals surface area (Å²) in [5.74, 6) is 3.24. The molecule has 0 saturated carbocycles. The molecular weight excluding hydrogens is 400 g/mol. The Bertz CT molecular complexity index is 1080. The number of fused-ring (bicyclic) bond motifs is 1. The van der Waals surface area contributed by atoms with Crippen LogP contribution < -0.4 is 14.2 Å². The molecule has 0 bridgehead atoms. The second kappa shape index (κ2) is 9.25. The zero-order valence-electron chi connectivity index (χ0n) is 18.9. The van der Waals surface area contributed by atoms with Gasteiger partial charge in [0.25, 0.3) is 0 Å². The van der Waals surface area contributed by atoms with Crippen LogP contribution in [0, 0.1) is 19.8 Å². The highest BCUT2D eigenvalue weighted by molar-refractivity contribution is 5.72. The maximum atomic E-state index is 6.08. The van der Waals surface area contributed by atoms with Crippen molar-refractivity contribution >= 4 is 0 Å². The minimum absolute atomic E-state index is 0.504. The fourth-order valence-electron chi connectivity index (χ4n) is 4.61. The number of hydrogen-bond donors (Lipinski definition) is 0. The van der Waals surface area contributed by atoms with Crippen molar-refractivity contribution in [3.8, 4) is 28.4 Å². The van der Waals surface area contributed by atoms with E-state index in [9.17, 15) is 0 Å². The summed E-state index contributed by atoms with van der Waals surface area (Å²) in [6, 6.07) is 19.0. The Kier molecular flexibility index (Phi) is 6.04. The lowest BCUT2D eigenvalue weighted by Crippen LogP contribution is -2.11. The summed E-state index contributed by atoms with van der Waals surface area (Å²) in [5.41, 5.74) is 7.30. The number of rotatable bonds is 7. The van der Waals surface area contributed by atoms with E-state index < -0.39 is 0 Å². The van der Waals surface area contributed by atoms with Crippen molar-refractivity contribution in [3.05, 3.63) is 76.9 Å². The molecule has 2 aliphatic heterocycles. The number of ether oxygens (including phenoxy) is 4. The molecule has 0 aromatic heterocycles. The molecule has 3 aromatic carbocycles. The number of aryl methyl sites for hydroxylation is 2. The molecule has 0 spiro atoms. The molecule has 1 saturated heterocycles. The monoisotopic (exact) mass is 430 g/mol. The fraction of sp³-hybridized carbons (Fsp3) is 0.357. The summed E-state index contributed by atoms with van der Waals surface area (Å²) in [4.78, 5) is 0. The zero-order chi connectivity index (χ0) is 21.9. The van der Waals surface area contributed by atoms with E-state index in [0.717, 1.165) is 62.1 Å². The normalized spacial score (nSPS) is 17.1. The van der Waals surface area contributed by atoms with Gasteiger partial charge in [-0.2, -0.15) is 0 Å². The zero-order valence-corrected chi connectivity index (χ0v) is 18.9. The van der Waals surface area contributed by atoms with E-state index in [1.54, 1.807) is 0 Å². The van der Waals surface area contributed by atoms with Crippen molar-refractivity contribution in [3.63, 3.8) is 0 Å². The van der Waals surface area contributed by atoms with Gasteiger partial charge in [0.15, 0.2) is 0 Å². The molecular formula is C28H30O4. The lowest BCUT2D eigenvalue weighted by Gasteiger charge is -2.16. The SMILES string of the molecule is Cc1cc(OCC2CCOC2)cc(C)c1-c1cccc(COc2ccc3c(c2)OCC3)c1. The number of hydrogen-bond acceptors (Lipinski definition) is 4. The van der Waals surface area contributed by atoms with Crippen LogP contribution in [0.3, 0.4) is 0 Å². The summed E-state index contributed by atoms with van der Waals surface area (Å²) in [6.45, 7) is 7.98. The molecule has 4 nitrogen and oxygen atoms in total. The van der Waals surface area contributed by atoms with Crippen LogP contribution in [0.1, 0.15) is 28.7 Å². The van der Waals surface area contributed by atoms with E-state index in [-0.39, 0.29) is 0 Å². The van der Waals surface area contributed by atoms with Crippen molar-refractivity contribution in [2.75, 3.05) is 26.4 Å². The molecule has 0 aliphatic carbocycles. The van der Waals surface area contributed by atoms with Gasteiger partial charge in [-0.3, -0.25) is 0 Å². The first-order valence-corrected chi connectivity index (χ1v) is 11.5. The molecule has 2 heterocycles. The second-order valence-electron chi connectivity index (χ2n) is 8.83. The van der Waals surface area contributed by atoms with Gasteiger partial charge in [-0.25, -0.2) is 0 Å². The molecule has 0 radical (unpaired) electrons. The van der Waals surface area contributed by atoms with Crippen molar-refractivity contribution in [2.45, 2.75) is 33.3 Å². The molecule has 4 heteroatoms. The molecule has 0 amide bonds. The lowest BCUT2D eigenvalue weighted by atomic mass is 9.94. The Morgan fingerprint density at radius 3 is 2.59 bits per heavy atom. The molecule has 5 rings (SSSR count). The van der Waals surface area contributed by atoms with Gasteiger partial charge in [-0.05, 0) is 77.9 Å². The van der Waals surface area contributed by atoms with Crippen molar-refractivity contribution < 1.29 is 18.9 Å². The molecule has 1 fully saturated rings. The van der Waals surface area contributed by atoms with Gasteiger partial charge in [0, 0.05) is 25.0 Å². The molecule has 0 N–H and O–H groups in total. The van der Waals surface area contributed by atoms with Gasteiger partial charge in [-0.15, -0.1) is 0 Å². The number of benzene rings is 3. The average Bonchev–Trinajstić information content (AvgIpc) is 3.48. The van der Waals surface area contributed by atoms with Crippen molar-refractivity contribution in [2.24, 2.45) is 5.92 Å². The average molecular weight is 431 g/mol. The van der Waals surface area contributed by atoms with Crippen LogP contribution in [-0.2, 0) is 17.8 Å². The third-order valence-electron chi connectivity index (χ3n) is 6.30. The van der Waals surface area contributed by atoms with E-state index in [4.69, 9.17) is 18.9 Å². The summed E-state index contributed by atoms with van der Waals surface area (Å²) in [7, 11) is 0. The summed E-state index contributed by atoms with van der Waals surface area (Å²) < 4.78 is 23.2. The van der Waals surface area contributed by atoms with Gasteiger partial charge in [-0.1, -0.05) is 24.3 Å². The van der Waals surface area contributed by atoms with Gasteiger partial charge < -0.3 is 18.9 Å². The largest absolute Gasteiger partial charge is 0.493 e. The van der Waals surface area contributed by atoms with E-state index in [1.807, 2.05) is 12.1 Å². The maximum Gasteiger partial charge on any atom is 0.126 e. The second-order valence-corrected chi connectivity index (χ2v) is 8.83. The topological polar surface area (TPSA) is 36.9 Å². The van der Waals surface area contributed by atoms with Crippen LogP contribution in [0.25, 0.3) is 11.1 Å². The molecule has 1 unspecified atom stereocenters. The van der Waals surface area contributed by atoms with Gasteiger partial charge >= 0.3 is 0 Å². The van der Waals surface area contributed by atoms with Crippen molar-refractivity contribution in [1.29, 1.82) is 0 Å². The van der Waals surface area contributed by atoms with E-state index in [2.05, 4.69) is 56.3 Å². The fourth-order valence-corrected chi connectivity index (χ4v) is 4.61. The van der Waals surface area contributed by atoms with Crippen LogP contribution >= 0.6 is 0 Å². The summed E-state index contributed by atoms with van der Waals surface area (Å²) in [5, 5.41) is 0. The first-order valence-electron chi connectivity index (χ1n) is 11.5. The van der Waals surface area contributed by atoms with E-state index >= 15 is 0 Å². The standard InChI is InChI=1S/C28H30O4/c1-19-12-26(32-18-22-8-10-29-16-22)13-20(2)28(19)24-5-3-4-21(14-24)17-31-25-7-6-23-9-11-30-27(23)15-25/h3-7,12-15,22H,8-11,16-18H2,1-2H3. The Morgan fingerprint density at radius 1 is 0.906 bits per heavy atom. The van der Waals surface area contributed by atoms with Gasteiger partial charge in [0.2, 0.25) is 0 Å². The van der Waals surface area contributed by atoms with Crippen LogP contribution in [0.2, 0.25) is 0 Å². The highest BCUT2D eigenvalue weighted by atomic mass is 16.5. The molecule has 3 aromatic rings. The van der Waals surface area contributed by atoms with Crippen LogP contribution in [0.4, 0.5) is 0 Å². The van der Waals surface area contributed by atoms with E-state index in [1.165, 1.54) is 27.8 Å². The first-order chi connectivity index (χ1) is 15.7. The smallest absolute Gasteiger partial charge is 0.126 e. The molecule has 166 valence electrons. The molecule has 2 aliphatic rings. The summed E-state index contributed by atoms with van der Waals surface area (Å²) in [6.07, 6.45) is 2.07. The Morgan fingerprint density at radius 2 is 1.78 bits per heavy atom. The van der Waals surface area contributed by atoms with Crippen LogP contribution in [0.15, 0.2) is 54.6 Å². The molecule has 1 atom stereocenters. The lowest BCUT2D eigenvalue weighted by molar-refractivity contribution is 0.167. The minimum Gasteiger partial charge on any atom is -0.493 e. The predicted octanol–water partition coefficient (Wildman–Crippen LogP) is 5.90. The Balaban J connectivity index is 1.29. The first kappa shape index (κ1) is 20.9. The van der Waals surface area contributed by atoms with Gasteiger partial charge in [0.1, 0.15) is 23.9 Å². The van der Waals surface area contributed by atoms with Crippen LogP contribution in [0.5, 0.6) is 17.2 Å². The highest BCUT2D eigenvalue weighted by Gasteiger charge is 2.17. The molecule has 32 heavy (non-hydrogen) atoms. The maximum absolute atomic E-state index is 6.08. The van der Waals surface area contributed by atoms with Crippen LogP contribution in [-0.4, -0.2) is 26.4 Å². The Hall–Kier alpha value is -2.98. The third kappa shape index (κ3) is 4.61. The predicted molar refractivity (Wildman–Crippen MR) is 126 cm³/mol.